The van der Waals surface area contributed by atoms with E-state index in [0.29, 0.717) is 5.75 Å². The second-order valence-electron chi connectivity index (χ2n) is 2.70. The smallest absolute Gasteiger partial charge is 0.126 e. The third-order valence-corrected chi connectivity index (χ3v) is 1.81. The van der Waals surface area contributed by atoms with Crippen molar-refractivity contribution in [3.8, 4) is 11.8 Å². The zero-order valence-corrected chi connectivity index (χ0v) is 7.90. The highest BCUT2D eigenvalue weighted by Crippen LogP contribution is 2.21. The number of nitriles is 1. The molecule has 3 heteroatoms. The molecule has 0 heterocycles. The standard InChI is InChI=1S/C11H11NO2/c1-14-11-5-4-9(8-13)7-10(11)3-2-6-12/h2-5,7,13H,8H2,1H3. The molecule has 0 saturated heterocycles. The first kappa shape index (κ1) is 10.3. The summed E-state index contributed by atoms with van der Waals surface area (Å²) in [5, 5.41) is 17.3. The number of benzene rings is 1. The van der Waals surface area contributed by atoms with Crippen LogP contribution in [0.5, 0.6) is 5.75 Å². The Labute approximate surface area is 82.9 Å². The number of allylic oxidation sites excluding steroid dienone is 1. The van der Waals surface area contributed by atoms with Gasteiger partial charge in [0.1, 0.15) is 5.75 Å². The summed E-state index contributed by atoms with van der Waals surface area (Å²) in [6.45, 7) is -0.0165. The van der Waals surface area contributed by atoms with E-state index in [1.165, 1.54) is 6.08 Å². The summed E-state index contributed by atoms with van der Waals surface area (Å²) in [6.07, 6.45) is 3.02. The number of nitrogens with zero attached hydrogens (tertiary/aromatic N) is 1. The van der Waals surface area contributed by atoms with Crippen molar-refractivity contribution in [3.63, 3.8) is 0 Å². The number of methoxy groups -OCH3 is 1. The molecule has 0 spiro atoms. The highest BCUT2D eigenvalue weighted by molar-refractivity contribution is 5.59. The van der Waals surface area contributed by atoms with Crippen LogP contribution in [0.25, 0.3) is 6.08 Å². The van der Waals surface area contributed by atoms with E-state index >= 15 is 0 Å². The van der Waals surface area contributed by atoms with Gasteiger partial charge in [-0.15, -0.1) is 0 Å². The van der Waals surface area contributed by atoms with Gasteiger partial charge in [-0.1, -0.05) is 6.07 Å². The first-order valence-corrected chi connectivity index (χ1v) is 4.15. The summed E-state index contributed by atoms with van der Waals surface area (Å²) >= 11 is 0. The molecule has 0 atom stereocenters. The predicted molar refractivity (Wildman–Crippen MR) is 53.6 cm³/mol. The Hall–Kier alpha value is -1.79. The van der Waals surface area contributed by atoms with Crippen molar-refractivity contribution in [3.05, 3.63) is 35.4 Å². The molecule has 0 aliphatic heterocycles. The lowest BCUT2D eigenvalue weighted by Gasteiger charge is -2.05. The predicted octanol–water partition coefficient (Wildman–Crippen LogP) is 1.72. The molecule has 3 nitrogen and oxygen atoms in total. The van der Waals surface area contributed by atoms with Crippen LogP contribution in [-0.2, 0) is 6.61 Å². The van der Waals surface area contributed by atoms with Crippen LogP contribution in [0.15, 0.2) is 24.3 Å². The van der Waals surface area contributed by atoms with Crippen LogP contribution in [0.1, 0.15) is 11.1 Å². The number of aliphatic hydroxyl groups is 1. The molecule has 0 radical (unpaired) electrons. The second kappa shape index (κ2) is 5.05. The molecule has 1 aromatic rings. The number of ether oxygens (including phenoxy) is 1. The number of aliphatic hydroxyl groups excluding tert-OH is 1. The minimum absolute atomic E-state index is 0.0165. The Morgan fingerprint density at radius 1 is 1.57 bits per heavy atom. The van der Waals surface area contributed by atoms with Crippen molar-refractivity contribution in [1.82, 2.24) is 0 Å². The minimum Gasteiger partial charge on any atom is -0.496 e. The molecule has 1 rings (SSSR count). The van der Waals surface area contributed by atoms with E-state index < -0.39 is 0 Å². The quantitative estimate of drug-likeness (QED) is 0.736. The molecular weight excluding hydrogens is 178 g/mol. The van der Waals surface area contributed by atoms with Crippen LogP contribution in [0.4, 0.5) is 0 Å². The molecule has 0 unspecified atom stereocenters. The summed E-state index contributed by atoms with van der Waals surface area (Å²) < 4.78 is 5.10. The van der Waals surface area contributed by atoms with Crippen molar-refractivity contribution in [2.45, 2.75) is 6.61 Å². The minimum atomic E-state index is -0.0165. The summed E-state index contributed by atoms with van der Waals surface area (Å²) in [5.74, 6) is 0.689. The lowest BCUT2D eigenvalue weighted by molar-refractivity contribution is 0.281. The van der Waals surface area contributed by atoms with Crippen LogP contribution < -0.4 is 4.74 Å². The Morgan fingerprint density at radius 2 is 2.36 bits per heavy atom. The monoisotopic (exact) mass is 189 g/mol. The summed E-state index contributed by atoms with van der Waals surface area (Å²) in [4.78, 5) is 0. The maximum atomic E-state index is 8.92. The van der Waals surface area contributed by atoms with Crippen LogP contribution in [0.3, 0.4) is 0 Å². The third kappa shape index (κ3) is 2.35. The molecule has 1 N–H and O–H groups in total. The molecule has 1 aromatic carbocycles. The molecule has 0 fully saturated rings. The van der Waals surface area contributed by atoms with Gasteiger partial charge < -0.3 is 9.84 Å². The van der Waals surface area contributed by atoms with Gasteiger partial charge in [-0.25, -0.2) is 0 Å². The average Bonchev–Trinajstić information content (AvgIpc) is 2.25. The lowest BCUT2D eigenvalue weighted by atomic mass is 10.1. The van der Waals surface area contributed by atoms with Gasteiger partial charge in [0, 0.05) is 11.6 Å². The molecule has 0 aromatic heterocycles. The SMILES string of the molecule is COc1ccc(CO)cc1C=CC#N. The van der Waals surface area contributed by atoms with Gasteiger partial charge in [0.25, 0.3) is 0 Å². The summed E-state index contributed by atoms with van der Waals surface area (Å²) in [6, 6.07) is 7.24. The van der Waals surface area contributed by atoms with Crippen LogP contribution in [0, 0.1) is 11.3 Å². The highest BCUT2D eigenvalue weighted by Gasteiger charge is 2.00. The zero-order valence-electron chi connectivity index (χ0n) is 7.90. The zero-order chi connectivity index (χ0) is 10.4. The number of rotatable bonds is 3. The van der Waals surface area contributed by atoms with Crippen LogP contribution >= 0.6 is 0 Å². The molecule has 0 aliphatic carbocycles. The molecule has 72 valence electrons. The van der Waals surface area contributed by atoms with E-state index in [-0.39, 0.29) is 6.61 Å². The Kier molecular flexibility index (Phi) is 3.71. The molecule has 14 heavy (non-hydrogen) atoms. The van der Waals surface area contributed by atoms with Crippen molar-refractivity contribution >= 4 is 6.08 Å². The van der Waals surface area contributed by atoms with Crippen LogP contribution in [0.2, 0.25) is 0 Å². The van der Waals surface area contributed by atoms with Crippen molar-refractivity contribution in [2.24, 2.45) is 0 Å². The van der Waals surface area contributed by atoms with Gasteiger partial charge in [-0.05, 0) is 23.8 Å². The first-order valence-electron chi connectivity index (χ1n) is 4.15. The van der Waals surface area contributed by atoms with Gasteiger partial charge in [0.05, 0.1) is 19.8 Å². The molecular formula is C11H11NO2. The van der Waals surface area contributed by atoms with Gasteiger partial charge >= 0.3 is 0 Å². The fraction of sp³-hybridized carbons (Fsp3) is 0.182. The topological polar surface area (TPSA) is 53.2 Å². The van der Waals surface area contributed by atoms with Gasteiger partial charge in [-0.3, -0.25) is 0 Å². The van der Waals surface area contributed by atoms with Crippen molar-refractivity contribution in [2.75, 3.05) is 7.11 Å². The number of hydrogen-bond acceptors (Lipinski definition) is 3. The normalized spacial score (nSPS) is 10.1. The summed E-state index contributed by atoms with van der Waals surface area (Å²) in [7, 11) is 1.57. The Bertz CT molecular complexity index is 377. The molecule has 0 aliphatic rings. The average molecular weight is 189 g/mol. The Balaban J connectivity index is 3.09. The van der Waals surface area contributed by atoms with E-state index in [1.54, 1.807) is 31.4 Å². The van der Waals surface area contributed by atoms with Gasteiger partial charge in [0.2, 0.25) is 0 Å². The van der Waals surface area contributed by atoms with Crippen LogP contribution in [-0.4, -0.2) is 12.2 Å². The van der Waals surface area contributed by atoms with Crippen molar-refractivity contribution < 1.29 is 9.84 Å². The van der Waals surface area contributed by atoms with E-state index in [0.717, 1.165) is 11.1 Å². The van der Waals surface area contributed by atoms with Crippen molar-refractivity contribution in [1.29, 1.82) is 5.26 Å². The maximum absolute atomic E-state index is 8.92. The molecule has 0 bridgehead atoms. The third-order valence-electron chi connectivity index (χ3n) is 1.81. The lowest BCUT2D eigenvalue weighted by Crippen LogP contribution is -1.90. The maximum Gasteiger partial charge on any atom is 0.126 e. The van der Waals surface area contributed by atoms with E-state index in [1.807, 2.05) is 6.07 Å². The van der Waals surface area contributed by atoms with Gasteiger partial charge in [0.15, 0.2) is 0 Å². The van der Waals surface area contributed by atoms with Gasteiger partial charge in [-0.2, -0.15) is 5.26 Å². The largest absolute Gasteiger partial charge is 0.496 e. The Morgan fingerprint density at radius 3 is 2.93 bits per heavy atom. The molecule has 0 saturated carbocycles. The van der Waals surface area contributed by atoms with E-state index in [9.17, 15) is 0 Å². The first-order chi connectivity index (χ1) is 6.81. The second-order valence-corrected chi connectivity index (χ2v) is 2.70. The number of hydrogen-bond donors (Lipinski definition) is 1. The fourth-order valence-corrected chi connectivity index (χ4v) is 1.14. The molecule has 0 amide bonds. The summed E-state index contributed by atoms with van der Waals surface area (Å²) in [5.41, 5.74) is 1.59. The highest BCUT2D eigenvalue weighted by atomic mass is 16.5. The van der Waals surface area contributed by atoms with E-state index in [2.05, 4.69) is 0 Å². The van der Waals surface area contributed by atoms with E-state index in [4.69, 9.17) is 15.1 Å². The fourth-order valence-electron chi connectivity index (χ4n) is 1.14.